The van der Waals surface area contributed by atoms with Crippen LogP contribution < -0.4 is 5.73 Å². The van der Waals surface area contributed by atoms with Crippen molar-refractivity contribution >= 4 is 30.7 Å². The molecule has 5 nitrogen and oxygen atoms in total. The minimum atomic E-state index is -0.134. The summed E-state index contributed by atoms with van der Waals surface area (Å²) in [5.41, 5.74) is 5.56. The maximum absolute atomic E-state index is 12.1. The average molecular weight is 342 g/mol. The maximum atomic E-state index is 12.1. The first-order valence-electron chi connectivity index (χ1n) is 7.46. The third-order valence-corrected chi connectivity index (χ3v) is 4.35. The standard InChI is InChI=1S/C14H27N3O2.2ClH/c1-19-13(9-15)8-14(18)17-7-4-12(11-17)10-16-5-2-3-6-16;;/h12-13H,2-11,15H2,1H3;2*1H. The van der Waals surface area contributed by atoms with Gasteiger partial charge in [-0.3, -0.25) is 4.79 Å². The molecule has 0 aromatic carbocycles. The van der Waals surface area contributed by atoms with Crippen molar-refractivity contribution in [2.24, 2.45) is 11.7 Å². The summed E-state index contributed by atoms with van der Waals surface area (Å²) < 4.78 is 5.18. The molecule has 21 heavy (non-hydrogen) atoms. The zero-order valence-corrected chi connectivity index (χ0v) is 14.5. The summed E-state index contributed by atoms with van der Waals surface area (Å²) in [6.07, 6.45) is 4.10. The number of nitrogens with two attached hydrogens (primary N) is 1. The average Bonchev–Trinajstić information content (AvgIpc) is 3.07. The van der Waals surface area contributed by atoms with Gasteiger partial charge in [0, 0.05) is 33.3 Å². The van der Waals surface area contributed by atoms with Crippen molar-refractivity contribution in [2.75, 3.05) is 46.4 Å². The zero-order valence-electron chi connectivity index (χ0n) is 12.8. The quantitative estimate of drug-likeness (QED) is 0.786. The Labute approximate surface area is 140 Å². The molecular formula is C14H29Cl2N3O2. The van der Waals surface area contributed by atoms with Gasteiger partial charge in [-0.2, -0.15) is 0 Å². The summed E-state index contributed by atoms with van der Waals surface area (Å²) in [5.74, 6) is 0.849. The lowest BCUT2D eigenvalue weighted by Crippen LogP contribution is -2.35. The molecule has 0 bridgehead atoms. The van der Waals surface area contributed by atoms with Crippen LogP contribution in [0.2, 0.25) is 0 Å². The summed E-state index contributed by atoms with van der Waals surface area (Å²) in [7, 11) is 1.62. The van der Waals surface area contributed by atoms with E-state index in [0.29, 0.717) is 18.9 Å². The Morgan fingerprint density at radius 2 is 1.95 bits per heavy atom. The van der Waals surface area contributed by atoms with Crippen LogP contribution in [0.15, 0.2) is 0 Å². The molecule has 2 N–H and O–H groups in total. The molecule has 0 aromatic heterocycles. The highest BCUT2D eigenvalue weighted by Crippen LogP contribution is 2.20. The molecule has 2 aliphatic heterocycles. The summed E-state index contributed by atoms with van der Waals surface area (Å²) in [4.78, 5) is 16.7. The van der Waals surface area contributed by atoms with Gasteiger partial charge in [-0.25, -0.2) is 0 Å². The molecule has 126 valence electrons. The Morgan fingerprint density at radius 1 is 1.29 bits per heavy atom. The van der Waals surface area contributed by atoms with Crippen LogP contribution in [0.25, 0.3) is 0 Å². The fourth-order valence-corrected chi connectivity index (χ4v) is 3.13. The Balaban J connectivity index is 0.00000200. The van der Waals surface area contributed by atoms with Gasteiger partial charge in [0.1, 0.15) is 0 Å². The van der Waals surface area contributed by atoms with Crippen molar-refractivity contribution in [3.63, 3.8) is 0 Å². The lowest BCUT2D eigenvalue weighted by atomic mass is 10.1. The Morgan fingerprint density at radius 3 is 2.52 bits per heavy atom. The Hall–Kier alpha value is -0.0700. The first kappa shape index (κ1) is 20.9. The highest BCUT2D eigenvalue weighted by Gasteiger charge is 2.29. The van der Waals surface area contributed by atoms with Crippen LogP contribution in [0.1, 0.15) is 25.7 Å². The first-order chi connectivity index (χ1) is 9.22. The zero-order chi connectivity index (χ0) is 13.7. The highest BCUT2D eigenvalue weighted by atomic mass is 35.5. The topological polar surface area (TPSA) is 58.8 Å². The molecule has 2 atom stereocenters. The molecule has 0 aliphatic carbocycles. The normalized spacial score (nSPS) is 23.5. The Bertz CT molecular complexity index is 298. The summed E-state index contributed by atoms with van der Waals surface area (Å²) in [5, 5.41) is 0. The van der Waals surface area contributed by atoms with E-state index in [0.717, 1.165) is 26.1 Å². The predicted molar refractivity (Wildman–Crippen MR) is 89.3 cm³/mol. The van der Waals surface area contributed by atoms with Crippen LogP contribution in [0.5, 0.6) is 0 Å². The molecule has 1 amide bonds. The lowest BCUT2D eigenvalue weighted by Gasteiger charge is -2.22. The van der Waals surface area contributed by atoms with E-state index < -0.39 is 0 Å². The molecule has 2 rings (SSSR count). The van der Waals surface area contributed by atoms with Crippen LogP contribution in [0, 0.1) is 5.92 Å². The van der Waals surface area contributed by atoms with Gasteiger partial charge in [-0.15, -0.1) is 24.8 Å². The molecular weight excluding hydrogens is 313 g/mol. The molecule has 2 heterocycles. The molecule has 2 saturated heterocycles. The van der Waals surface area contributed by atoms with Crippen molar-refractivity contribution < 1.29 is 9.53 Å². The van der Waals surface area contributed by atoms with Crippen LogP contribution in [-0.2, 0) is 9.53 Å². The molecule has 7 heteroatoms. The van der Waals surface area contributed by atoms with E-state index in [4.69, 9.17) is 10.5 Å². The molecule has 2 unspecified atom stereocenters. The predicted octanol–water partition coefficient (Wildman–Crippen LogP) is 1.14. The number of rotatable bonds is 6. The number of nitrogens with zero attached hydrogens (tertiary/aromatic N) is 2. The van der Waals surface area contributed by atoms with Crippen LogP contribution in [0.3, 0.4) is 0 Å². The number of ether oxygens (including phenoxy) is 1. The summed E-state index contributed by atoms with van der Waals surface area (Å²) in [6.45, 7) is 5.86. The van der Waals surface area contributed by atoms with Crippen molar-refractivity contribution in [3.8, 4) is 0 Å². The van der Waals surface area contributed by atoms with Crippen LogP contribution >= 0.6 is 24.8 Å². The van der Waals surface area contributed by atoms with Gasteiger partial charge in [0.2, 0.25) is 5.91 Å². The summed E-state index contributed by atoms with van der Waals surface area (Å²) >= 11 is 0. The molecule has 0 radical (unpaired) electrons. The smallest absolute Gasteiger partial charge is 0.225 e. The second-order valence-corrected chi connectivity index (χ2v) is 5.80. The van der Waals surface area contributed by atoms with Gasteiger partial charge in [-0.1, -0.05) is 0 Å². The van der Waals surface area contributed by atoms with Gasteiger partial charge in [0.15, 0.2) is 0 Å². The van der Waals surface area contributed by atoms with E-state index in [1.54, 1.807) is 7.11 Å². The number of hydrogen-bond donors (Lipinski definition) is 1. The van der Waals surface area contributed by atoms with Gasteiger partial charge in [0.25, 0.3) is 0 Å². The second kappa shape index (κ2) is 10.6. The second-order valence-electron chi connectivity index (χ2n) is 5.80. The molecule has 0 spiro atoms. The van der Waals surface area contributed by atoms with E-state index >= 15 is 0 Å². The van der Waals surface area contributed by atoms with Gasteiger partial charge < -0.3 is 20.3 Å². The highest BCUT2D eigenvalue weighted by molar-refractivity contribution is 5.85. The van der Waals surface area contributed by atoms with Crippen molar-refractivity contribution in [1.29, 1.82) is 0 Å². The van der Waals surface area contributed by atoms with E-state index in [9.17, 15) is 4.79 Å². The summed E-state index contributed by atoms with van der Waals surface area (Å²) in [6, 6.07) is 0. The number of amides is 1. The van der Waals surface area contributed by atoms with Crippen LogP contribution in [-0.4, -0.2) is 68.2 Å². The van der Waals surface area contributed by atoms with Crippen molar-refractivity contribution in [3.05, 3.63) is 0 Å². The SMILES string of the molecule is COC(CN)CC(=O)N1CCC(CN2CCCC2)C1.Cl.Cl. The monoisotopic (exact) mass is 341 g/mol. The largest absolute Gasteiger partial charge is 0.380 e. The number of carbonyl (C=O) groups excluding carboxylic acids is 1. The fourth-order valence-electron chi connectivity index (χ4n) is 3.13. The lowest BCUT2D eigenvalue weighted by molar-refractivity contribution is -0.132. The molecule has 0 aromatic rings. The van der Waals surface area contributed by atoms with Gasteiger partial charge >= 0.3 is 0 Å². The first-order valence-corrected chi connectivity index (χ1v) is 7.46. The number of halogens is 2. The van der Waals surface area contributed by atoms with Crippen molar-refractivity contribution in [1.82, 2.24) is 9.80 Å². The van der Waals surface area contributed by atoms with E-state index in [2.05, 4.69) is 4.90 Å². The van der Waals surface area contributed by atoms with E-state index in [-0.39, 0.29) is 36.8 Å². The number of methoxy groups -OCH3 is 1. The van der Waals surface area contributed by atoms with E-state index in [1.165, 1.54) is 25.9 Å². The third kappa shape index (κ3) is 6.28. The minimum absolute atomic E-state index is 0. The van der Waals surface area contributed by atoms with E-state index in [1.807, 2.05) is 4.90 Å². The van der Waals surface area contributed by atoms with Gasteiger partial charge in [-0.05, 0) is 38.3 Å². The Kier molecular flexibility index (Phi) is 10.6. The third-order valence-electron chi connectivity index (χ3n) is 4.35. The van der Waals surface area contributed by atoms with Crippen molar-refractivity contribution in [2.45, 2.75) is 31.8 Å². The van der Waals surface area contributed by atoms with Crippen LogP contribution in [0.4, 0.5) is 0 Å². The number of likely N-dealkylation sites (tertiary alicyclic amines) is 2. The maximum Gasteiger partial charge on any atom is 0.225 e. The molecule has 2 aliphatic rings. The molecule has 2 fully saturated rings. The number of hydrogen-bond acceptors (Lipinski definition) is 4. The fraction of sp³-hybridized carbons (Fsp3) is 0.929. The molecule has 0 saturated carbocycles. The minimum Gasteiger partial charge on any atom is -0.380 e. The number of carbonyl (C=O) groups is 1. The van der Waals surface area contributed by atoms with Gasteiger partial charge in [0.05, 0.1) is 12.5 Å².